The molecule has 2 rings (SSSR count). The van der Waals surface area contributed by atoms with E-state index in [0.29, 0.717) is 6.54 Å². The third-order valence-electron chi connectivity index (χ3n) is 3.84. The lowest BCUT2D eigenvalue weighted by molar-refractivity contribution is 0.270. The molecule has 0 spiro atoms. The standard InChI is InChI=1S/C13H19ClFN3O2S/c1-17-5-3-4-10(17)8-18(2)21(19,20)12-7-9(16)6-11(14)13(12)15/h6-7,10H,3-5,8,16H2,1-2H3. The van der Waals surface area contributed by atoms with E-state index >= 15 is 0 Å². The van der Waals surface area contributed by atoms with Crippen LogP contribution in [-0.2, 0) is 10.0 Å². The summed E-state index contributed by atoms with van der Waals surface area (Å²) in [5, 5.41) is -0.292. The molecule has 1 aliphatic rings. The molecule has 5 nitrogen and oxygen atoms in total. The van der Waals surface area contributed by atoms with E-state index in [1.54, 1.807) is 0 Å². The van der Waals surface area contributed by atoms with Crippen LogP contribution in [0.1, 0.15) is 12.8 Å². The molecule has 1 heterocycles. The second kappa shape index (κ2) is 6.08. The minimum atomic E-state index is -3.96. The van der Waals surface area contributed by atoms with Gasteiger partial charge in [0.2, 0.25) is 10.0 Å². The lowest BCUT2D eigenvalue weighted by atomic mass is 10.2. The number of sulfonamides is 1. The fourth-order valence-corrected chi connectivity index (χ4v) is 4.15. The van der Waals surface area contributed by atoms with Gasteiger partial charge in [0.1, 0.15) is 4.90 Å². The number of nitrogen functional groups attached to an aromatic ring is 1. The monoisotopic (exact) mass is 335 g/mol. The SMILES string of the molecule is CN1CCCC1CN(C)S(=O)(=O)c1cc(N)cc(Cl)c1F. The van der Waals surface area contributed by atoms with Crippen molar-refractivity contribution in [3.8, 4) is 0 Å². The number of hydrogen-bond donors (Lipinski definition) is 1. The van der Waals surface area contributed by atoms with E-state index in [-0.39, 0.29) is 16.8 Å². The van der Waals surface area contributed by atoms with Crippen LogP contribution in [0.4, 0.5) is 10.1 Å². The highest BCUT2D eigenvalue weighted by Gasteiger charge is 2.30. The highest BCUT2D eigenvalue weighted by molar-refractivity contribution is 7.89. The molecule has 1 atom stereocenters. The summed E-state index contributed by atoms with van der Waals surface area (Å²) in [6, 6.07) is 2.44. The Balaban J connectivity index is 2.29. The van der Waals surface area contributed by atoms with Crippen LogP contribution in [0.5, 0.6) is 0 Å². The zero-order valence-electron chi connectivity index (χ0n) is 12.0. The second-order valence-corrected chi connectivity index (χ2v) is 7.80. The van der Waals surface area contributed by atoms with Crippen LogP contribution >= 0.6 is 11.6 Å². The first-order valence-electron chi connectivity index (χ1n) is 6.64. The lowest BCUT2D eigenvalue weighted by Gasteiger charge is -2.25. The fourth-order valence-electron chi connectivity index (χ4n) is 2.54. The fraction of sp³-hybridized carbons (Fsp3) is 0.538. The molecule has 0 saturated carbocycles. The molecule has 118 valence electrons. The van der Waals surface area contributed by atoms with E-state index in [9.17, 15) is 12.8 Å². The van der Waals surface area contributed by atoms with Gasteiger partial charge < -0.3 is 10.6 Å². The average Bonchev–Trinajstić information content (AvgIpc) is 2.79. The third kappa shape index (κ3) is 3.31. The number of likely N-dealkylation sites (tertiary alicyclic amines) is 1. The predicted octanol–water partition coefficient (Wildman–Crippen LogP) is 1.78. The normalized spacial score (nSPS) is 20.3. The highest BCUT2D eigenvalue weighted by atomic mass is 35.5. The Labute approximate surface area is 129 Å². The van der Waals surface area contributed by atoms with E-state index in [4.69, 9.17) is 17.3 Å². The summed E-state index contributed by atoms with van der Waals surface area (Å²) >= 11 is 5.68. The Morgan fingerprint density at radius 2 is 2.19 bits per heavy atom. The topological polar surface area (TPSA) is 66.6 Å². The summed E-state index contributed by atoms with van der Waals surface area (Å²) in [7, 11) is -0.561. The van der Waals surface area contributed by atoms with Gasteiger partial charge in [-0.25, -0.2) is 12.8 Å². The van der Waals surface area contributed by atoms with Crippen molar-refractivity contribution in [1.82, 2.24) is 9.21 Å². The van der Waals surface area contributed by atoms with E-state index < -0.39 is 20.7 Å². The van der Waals surface area contributed by atoms with Crippen molar-refractivity contribution in [2.75, 3.05) is 32.9 Å². The molecule has 21 heavy (non-hydrogen) atoms. The molecule has 0 radical (unpaired) electrons. The molecular weight excluding hydrogens is 317 g/mol. The van der Waals surface area contributed by atoms with Crippen LogP contribution in [0.2, 0.25) is 5.02 Å². The van der Waals surface area contributed by atoms with Gasteiger partial charge in [0.15, 0.2) is 5.82 Å². The first-order valence-corrected chi connectivity index (χ1v) is 8.46. The number of halogens is 2. The molecular formula is C13H19ClFN3O2S. The summed E-state index contributed by atoms with van der Waals surface area (Å²) in [5.74, 6) is -0.961. The number of likely N-dealkylation sites (N-methyl/N-ethyl adjacent to an activating group) is 2. The van der Waals surface area contributed by atoms with Crippen LogP contribution < -0.4 is 5.73 Å². The van der Waals surface area contributed by atoms with Crippen molar-refractivity contribution in [3.05, 3.63) is 23.0 Å². The third-order valence-corrected chi connectivity index (χ3v) is 5.94. The van der Waals surface area contributed by atoms with Crippen molar-refractivity contribution in [1.29, 1.82) is 0 Å². The van der Waals surface area contributed by atoms with Gasteiger partial charge in [-0.1, -0.05) is 11.6 Å². The Bertz CT molecular complexity index is 639. The van der Waals surface area contributed by atoms with Gasteiger partial charge in [-0.3, -0.25) is 0 Å². The molecule has 1 aromatic rings. The molecule has 2 N–H and O–H groups in total. The zero-order valence-corrected chi connectivity index (χ0v) is 13.6. The number of hydrogen-bond acceptors (Lipinski definition) is 4. The molecule has 1 fully saturated rings. The minimum Gasteiger partial charge on any atom is -0.399 e. The van der Waals surface area contributed by atoms with Crippen LogP contribution in [0, 0.1) is 5.82 Å². The van der Waals surface area contributed by atoms with Crippen molar-refractivity contribution < 1.29 is 12.8 Å². The molecule has 0 aromatic heterocycles. The number of nitrogens with two attached hydrogens (primary N) is 1. The van der Waals surface area contributed by atoms with Gasteiger partial charge in [-0.05, 0) is 38.6 Å². The largest absolute Gasteiger partial charge is 0.399 e. The molecule has 1 aliphatic heterocycles. The van der Waals surface area contributed by atoms with Crippen molar-refractivity contribution in [2.24, 2.45) is 0 Å². The van der Waals surface area contributed by atoms with E-state index in [1.165, 1.54) is 13.1 Å². The van der Waals surface area contributed by atoms with Crippen LogP contribution in [0.3, 0.4) is 0 Å². The summed E-state index contributed by atoms with van der Waals surface area (Å²) in [6.45, 7) is 1.25. The minimum absolute atomic E-state index is 0.117. The van der Waals surface area contributed by atoms with Crippen LogP contribution in [0.15, 0.2) is 17.0 Å². The molecule has 1 aromatic carbocycles. The Hall–Kier alpha value is -0.890. The van der Waals surface area contributed by atoms with Crippen LogP contribution in [-0.4, -0.2) is 50.8 Å². The Morgan fingerprint density at radius 3 is 2.76 bits per heavy atom. The molecule has 0 aliphatic carbocycles. The summed E-state index contributed by atoms with van der Waals surface area (Å²) in [5.41, 5.74) is 5.69. The summed E-state index contributed by atoms with van der Waals surface area (Å²) < 4.78 is 40.2. The maximum absolute atomic E-state index is 14.0. The van der Waals surface area contributed by atoms with Gasteiger partial charge in [-0.2, -0.15) is 4.31 Å². The number of rotatable bonds is 4. The average molecular weight is 336 g/mol. The molecule has 0 bridgehead atoms. The first-order chi connectivity index (χ1) is 9.73. The van der Waals surface area contributed by atoms with Gasteiger partial charge in [0, 0.05) is 25.3 Å². The first kappa shape index (κ1) is 16.5. The lowest BCUT2D eigenvalue weighted by Crippen LogP contribution is -2.39. The van der Waals surface area contributed by atoms with Gasteiger partial charge in [0.25, 0.3) is 0 Å². The van der Waals surface area contributed by atoms with E-state index in [2.05, 4.69) is 4.90 Å². The van der Waals surface area contributed by atoms with Crippen LogP contribution in [0.25, 0.3) is 0 Å². The zero-order chi connectivity index (χ0) is 15.8. The van der Waals surface area contributed by atoms with Gasteiger partial charge >= 0.3 is 0 Å². The summed E-state index contributed by atoms with van der Waals surface area (Å²) in [6.07, 6.45) is 1.96. The van der Waals surface area contributed by atoms with Crippen molar-refractivity contribution in [2.45, 2.75) is 23.8 Å². The molecule has 1 saturated heterocycles. The Kier molecular flexibility index (Phi) is 4.77. The van der Waals surface area contributed by atoms with Gasteiger partial charge in [-0.15, -0.1) is 0 Å². The maximum atomic E-state index is 14.0. The smallest absolute Gasteiger partial charge is 0.245 e. The summed E-state index contributed by atoms with van der Waals surface area (Å²) in [4.78, 5) is 1.63. The number of nitrogens with zero attached hydrogens (tertiary/aromatic N) is 2. The molecule has 0 amide bonds. The van der Waals surface area contributed by atoms with Gasteiger partial charge in [0.05, 0.1) is 5.02 Å². The Morgan fingerprint density at radius 1 is 1.52 bits per heavy atom. The predicted molar refractivity (Wildman–Crippen MR) is 81.3 cm³/mol. The number of anilines is 1. The number of benzene rings is 1. The maximum Gasteiger partial charge on any atom is 0.245 e. The molecule has 1 unspecified atom stereocenters. The van der Waals surface area contributed by atoms with Crippen molar-refractivity contribution in [3.63, 3.8) is 0 Å². The highest BCUT2D eigenvalue weighted by Crippen LogP contribution is 2.28. The molecule has 8 heteroatoms. The second-order valence-electron chi connectivity index (χ2n) is 5.38. The van der Waals surface area contributed by atoms with Crippen molar-refractivity contribution >= 4 is 27.3 Å². The quantitative estimate of drug-likeness (QED) is 0.852. The van der Waals surface area contributed by atoms with E-state index in [1.807, 2.05) is 7.05 Å². The van der Waals surface area contributed by atoms with E-state index in [0.717, 1.165) is 29.8 Å².